The zero-order valence-electron chi connectivity index (χ0n) is 12.3. The molecule has 1 aromatic carbocycles. The lowest BCUT2D eigenvalue weighted by molar-refractivity contribution is -0.122. The molecule has 2 heterocycles. The standard InChI is InChI=1S/C15H14FN5OS/c1-10(13-3-2-8-23-13)17-14(22)9-21-19-15(18-20-21)11-4-6-12(16)7-5-11/h2-8,10H,9H2,1H3,(H,17,22). The van der Waals surface area contributed by atoms with Gasteiger partial charge in [-0.3, -0.25) is 4.79 Å². The van der Waals surface area contributed by atoms with Gasteiger partial charge in [-0.05, 0) is 47.8 Å². The predicted octanol–water partition coefficient (Wildman–Crippen LogP) is 2.42. The Kier molecular flexibility index (Phi) is 4.42. The van der Waals surface area contributed by atoms with Gasteiger partial charge in [0.05, 0.1) is 6.04 Å². The maximum Gasteiger partial charge on any atom is 0.244 e. The summed E-state index contributed by atoms with van der Waals surface area (Å²) in [5, 5.41) is 16.7. The molecule has 8 heteroatoms. The van der Waals surface area contributed by atoms with Crippen LogP contribution in [-0.2, 0) is 11.3 Å². The summed E-state index contributed by atoms with van der Waals surface area (Å²) in [6, 6.07) is 9.62. The number of hydrogen-bond donors (Lipinski definition) is 1. The van der Waals surface area contributed by atoms with Crippen LogP contribution in [0.1, 0.15) is 17.8 Å². The fraction of sp³-hybridized carbons (Fsp3) is 0.200. The molecule has 0 radical (unpaired) electrons. The van der Waals surface area contributed by atoms with Gasteiger partial charge in [-0.1, -0.05) is 6.07 Å². The summed E-state index contributed by atoms with van der Waals surface area (Å²) in [5.74, 6) is -0.179. The van der Waals surface area contributed by atoms with E-state index in [2.05, 4.69) is 20.7 Å². The first kappa shape index (κ1) is 15.3. The molecular weight excluding hydrogens is 317 g/mol. The molecule has 0 saturated carbocycles. The number of thiophene rings is 1. The van der Waals surface area contributed by atoms with E-state index < -0.39 is 0 Å². The lowest BCUT2D eigenvalue weighted by atomic mass is 10.2. The number of nitrogens with one attached hydrogen (secondary N) is 1. The Morgan fingerprint density at radius 1 is 1.35 bits per heavy atom. The Balaban J connectivity index is 1.62. The van der Waals surface area contributed by atoms with Crippen molar-refractivity contribution in [2.24, 2.45) is 0 Å². The molecule has 3 aromatic rings. The maximum absolute atomic E-state index is 12.9. The van der Waals surface area contributed by atoms with E-state index in [4.69, 9.17) is 0 Å². The minimum absolute atomic E-state index is 0.0239. The van der Waals surface area contributed by atoms with Crippen molar-refractivity contribution in [3.63, 3.8) is 0 Å². The second-order valence-corrected chi connectivity index (χ2v) is 5.93. The number of rotatable bonds is 5. The highest BCUT2D eigenvalue weighted by molar-refractivity contribution is 7.10. The molecule has 1 N–H and O–H groups in total. The van der Waals surface area contributed by atoms with E-state index in [0.29, 0.717) is 11.4 Å². The first-order chi connectivity index (χ1) is 11.1. The molecule has 1 unspecified atom stereocenters. The van der Waals surface area contributed by atoms with Crippen LogP contribution in [0.2, 0.25) is 0 Å². The van der Waals surface area contributed by atoms with Gasteiger partial charge in [0.15, 0.2) is 0 Å². The fourth-order valence-corrected chi connectivity index (χ4v) is 2.78. The first-order valence-electron chi connectivity index (χ1n) is 6.98. The Morgan fingerprint density at radius 2 is 2.13 bits per heavy atom. The zero-order chi connectivity index (χ0) is 16.2. The summed E-state index contributed by atoms with van der Waals surface area (Å²) in [6.45, 7) is 1.90. The average molecular weight is 331 g/mol. The Hall–Kier alpha value is -2.61. The summed E-state index contributed by atoms with van der Waals surface area (Å²) in [4.78, 5) is 14.3. The number of amides is 1. The monoisotopic (exact) mass is 331 g/mol. The number of aromatic nitrogens is 4. The van der Waals surface area contributed by atoms with E-state index in [1.54, 1.807) is 23.5 Å². The molecule has 0 fully saturated rings. The van der Waals surface area contributed by atoms with Crippen LogP contribution >= 0.6 is 11.3 Å². The Bertz CT molecular complexity index is 785. The van der Waals surface area contributed by atoms with Crippen LogP contribution < -0.4 is 5.32 Å². The van der Waals surface area contributed by atoms with Crippen molar-refractivity contribution in [3.05, 3.63) is 52.5 Å². The van der Waals surface area contributed by atoms with Gasteiger partial charge in [-0.25, -0.2) is 4.39 Å². The van der Waals surface area contributed by atoms with Gasteiger partial charge in [0, 0.05) is 10.4 Å². The van der Waals surface area contributed by atoms with E-state index >= 15 is 0 Å². The molecule has 1 atom stereocenters. The highest BCUT2D eigenvalue weighted by Gasteiger charge is 2.13. The summed E-state index contributed by atoms with van der Waals surface area (Å²) in [6.07, 6.45) is 0. The molecule has 6 nitrogen and oxygen atoms in total. The topological polar surface area (TPSA) is 72.7 Å². The van der Waals surface area contributed by atoms with Gasteiger partial charge >= 0.3 is 0 Å². The van der Waals surface area contributed by atoms with Crippen molar-refractivity contribution >= 4 is 17.2 Å². The van der Waals surface area contributed by atoms with Crippen LogP contribution in [0, 0.1) is 5.82 Å². The van der Waals surface area contributed by atoms with Crippen LogP contribution in [0.25, 0.3) is 11.4 Å². The normalized spacial score (nSPS) is 12.1. The number of nitrogens with zero attached hydrogens (tertiary/aromatic N) is 4. The van der Waals surface area contributed by atoms with Crippen molar-refractivity contribution in [2.75, 3.05) is 0 Å². The highest BCUT2D eigenvalue weighted by atomic mass is 32.1. The number of carbonyl (C=O) groups excluding carboxylic acids is 1. The summed E-state index contributed by atoms with van der Waals surface area (Å²) >= 11 is 1.59. The lowest BCUT2D eigenvalue weighted by Crippen LogP contribution is -2.30. The third kappa shape index (κ3) is 3.78. The first-order valence-corrected chi connectivity index (χ1v) is 7.86. The van der Waals surface area contributed by atoms with Gasteiger partial charge < -0.3 is 5.32 Å². The number of tetrazole rings is 1. The maximum atomic E-state index is 12.9. The van der Waals surface area contributed by atoms with Gasteiger partial charge in [0.25, 0.3) is 0 Å². The smallest absolute Gasteiger partial charge is 0.244 e. The Labute approximate surface area is 136 Å². The van der Waals surface area contributed by atoms with E-state index in [-0.39, 0.29) is 24.3 Å². The lowest BCUT2D eigenvalue weighted by Gasteiger charge is -2.11. The molecule has 0 aliphatic heterocycles. The quantitative estimate of drug-likeness (QED) is 0.779. The highest BCUT2D eigenvalue weighted by Crippen LogP contribution is 2.18. The van der Waals surface area contributed by atoms with Gasteiger partial charge in [-0.15, -0.1) is 21.5 Å². The second-order valence-electron chi connectivity index (χ2n) is 4.95. The van der Waals surface area contributed by atoms with Gasteiger partial charge in [0.1, 0.15) is 12.4 Å². The van der Waals surface area contributed by atoms with E-state index in [0.717, 1.165) is 4.88 Å². The molecule has 0 aliphatic rings. The summed E-state index contributed by atoms with van der Waals surface area (Å²) in [7, 11) is 0. The minimum Gasteiger partial charge on any atom is -0.347 e. The molecule has 23 heavy (non-hydrogen) atoms. The molecule has 118 valence electrons. The van der Waals surface area contributed by atoms with E-state index in [9.17, 15) is 9.18 Å². The van der Waals surface area contributed by atoms with Crippen molar-refractivity contribution in [2.45, 2.75) is 19.5 Å². The summed E-state index contributed by atoms with van der Waals surface area (Å²) in [5.41, 5.74) is 0.644. The van der Waals surface area contributed by atoms with Crippen LogP contribution in [0.5, 0.6) is 0 Å². The van der Waals surface area contributed by atoms with Crippen molar-refractivity contribution in [1.29, 1.82) is 0 Å². The predicted molar refractivity (Wildman–Crippen MR) is 84.1 cm³/mol. The van der Waals surface area contributed by atoms with Crippen molar-refractivity contribution < 1.29 is 9.18 Å². The second kappa shape index (κ2) is 6.66. The SMILES string of the molecule is CC(NC(=O)Cn1nnc(-c2ccc(F)cc2)n1)c1cccs1. The fourth-order valence-electron chi connectivity index (χ4n) is 2.05. The van der Waals surface area contributed by atoms with E-state index in [1.165, 1.54) is 16.9 Å². The molecule has 0 spiro atoms. The minimum atomic E-state index is -0.330. The van der Waals surface area contributed by atoms with Gasteiger partial charge in [0.2, 0.25) is 11.7 Å². The third-order valence-electron chi connectivity index (χ3n) is 3.19. The largest absolute Gasteiger partial charge is 0.347 e. The molecular formula is C15H14FN5OS. The Morgan fingerprint density at radius 3 is 2.83 bits per heavy atom. The van der Waals surface area contributed by atoms with Crippen LogP contribution in [-0.4, -0.2) is 26.1 Å². The number of carbonyl (C=O) groups is 1. The molecule has 0 aliphatic carbocycles. The molecule has 2 aromatic heterocycles. The zero-order valence-corrected chi connectivity index (χ0v) is 13.1. The molecule has 1 amide bonds. The van der Waals surface area contributed by atoms with Crippen molar-refractivity contribution in [1.82, 2.24) is 25.5 Å². The third-order valence-corrected chi connectivity index (χ3v) is 4.24. The van der Waals surface area contributed by atoms with Crippen molar-refractivity contribution in [3.8, 4) is 11.4 Å². The average Bonchev–Trinajstić information content (AvgIpc) is 3.19. The number of benzene rings is 1. The van der Waals surface area contributed by atoms with E-state index in [1.807, 2.05) is 24.4 Å². The summed E-state index contributed by atoms with van der Waals surface area (Å²) < 4.78 is 12.9. The van der Waals surface area contributed by atoms with Crippen LogP contribution in [0.15, 0.2) is 41.8 Å². The molecule has 0 saturated heterocycles. The molecule has 3 rings (SSSR count). The molecule has 0 bridgehead atoms. The van der Waals surface area contributed by atoms with Crippen LogP contribution in [0.3, 0.4) is 0 Å². The number of hydrogen-bond acceptors (Lipinski definition) is 5. The van der Waals surface area contributed by atoms with Crippen LogP contribution in [0.4, 0.5) is 4.39 Å². The number of halogens is 1. The van der Waals surface area contributed by atoms with Gasteiger partial charge in [-0.2, -0.15) is 4.80 Å².